The van der Waals surface area contributed by atoms with Crippen LogP contribution in [0.15, 0.2) is 29.2 Å². The van der Waals surface area contributed by atoms with E-state index in [0.717, 1.165) is 6.54 Å². The molecule has 0 spiro atoms. The number of hydrogen-bond donors (Lipinski definition) is 1. The molecule has 0 aliphatic heterocycles. The van der Waals surface area contributed by atoms with Crippen LogP contribution in [-0.4, -0.2) is 60.2 Å². The van der Waals surface area contributed by atoms with Crippen molar-refractivity contribution in [3.05, 3.63) is 24.3 Å². The number of likely N-dealkylation sites (N-methyl/N-ethyl adjacent to an activating group) is 2. The fourth-order valence-corrected chi connectivity index (χ4v) is 2.65. The van der Waals surface area contributed by atoms with E-state index in [1.807, 2.05) is 7.05 Å². The SMILES string of the molecule is CNCCOc1ccc(S(=O)(=O)N(C)CCOC)cc1. The van der Waals surface area contributed by atoms with Crippen molar-refractivity contribution in [2.45, 2.75) is 4.90 Å². The molecule has 1 rings (SSSR count). The van der Waals surface area contributed by atoms with Crippen LogP contribution in [0.5, 0.6) is 5.75 Å². The molecule has 0 aliphatic rings. The number of nitrogens with one attached hydrogen (secondary N) is 1. The van der Waals surface area contributed by atoms with E-state index < -0.39 is 10.0 Å². The lowest BCUT2D eigenvalue weighted by atomic mass is 10.3. The van der Waals surface area contributed by atoms with E-state index in [1.165, 1.54) is 18.5 Å². The average Bonchev–Trinajstić information content (AvgIpc) is 2.45. The Morgan fingerprint density at radius 2 is 1.85 bits per heavy atom. The maximum Gasteiger partial charge on any atom is 0.242 e. The number of methoxy groups -OCH3 is 1. The van der Waals surface area contributed by atoms with Crippen LogP contribution in [0.4, 0.5) is 0 Å². The molecular weight excluding hydrogens is 280 g/mol. The highest BCUT2D eigenvalue weighted by molar-refractivity contribution is 7.89. The molecule has 0 atom stereocenters. The van der Waals surface area contributed by atoms with Crippen LogP contribution in [0.3, 0.4) is 0 Å². The van der Waals surface area contributed by atoms with Crippen LogP contribution in [0.25, 0.3) is 0 Å². The highest BCUT2D eigenvalue weighted by atomic mass is 32.2. The number of hydrogen-bond acceptors (Lipinski definition) is 5. The zero-order chi connectivity index (χ0) is 15.0. The Hall–Kier alpha value is -1.15. The van der Waals surface area contributed by atoms with Crippen molar-refractivity contribution in [2.24, 2.45) is 0 Å². The number of sulfonamides is 1. The minimum atomic E-state index is -3.47. The molecule has 0 heterocycles. The van der Waals surface area contributed by atoms with E-state index in [4.69, 9.17) is 9.47 Å². The second kappa shape index (κ2) is 8.21. The molecule has 1 aromatic rings. The van der Waals surface area contributed by atoms with Gasteiger partial charge in [0.2, 0.25) is 10.0 Å². The van der Waals surface area contributed by atoms with Crippen LogP contribution in [-0.2, 0) is 14.8 Å². The fraction of sp³-hybridized carbons (Fsp3) is 0.538. The molecule has 1 N–H and O–H groups in total. The minimum absolute atomic E-state index is 0.247. The zero-order valence-corrected chi connectivity index (χ0v) is 12.9. The van der Waals surface area contributed by atoms with Crippen molar-refractivity contribution in [1.82, 2.24) is 9.62 Å². The van der Waals surface area contributed by atoms with Crippen molar-refractivity contribution in [3.63, 3.8) is 0 Å². The van der Waals surface area contributed by atoms with E-state index >= 15 is 0 Å². The summed E-state index contributed by atoms with van der Waals surface area (Å²) in [6, 6.07) is 6.42. The molecule has 0 saturated heterocycles. The third kappa shape index (κ3) is 4.75. The molecule has 0 aromatic heterocycles. The van der Waals surface area contributed by atoms with Gasteiger partial charge in [-0.3, -0.25) is 0 Å². The van der Waals surface area contributed by atoms with Gasteiger partial charge in [0.25, 0.3) is 0 Å². The summed E-state index contributed by atoms with van der Waals surface area (Å²) in [6.07, 6.45) is 0. The Labute approximate surface area is 120 Å². The van der Waals surface area contributed by atoms with Crippen LogP contribution in [0.1, 0.15) is 0 Å². The summed E-state index contributed by atoms with van der Waals surface area (Å²) in [5.41, 5.74) is 0. The average molecular weight is 302 g/mol. The number of nitrogens with zero attached hydrogens (tertiary/aromatic N) is 1. The van der Waals surface area contributed by atoms with Crippen LogP contribution >= 0.6 is 0 Å². The molecule has 0 radical (unpaired) electrons. The first kappa shape index (κ1) is 16.9. The summed E-state index contributed by atoms with van der Waals surface area (Å²) in [5.74, 6) is 0.652. The summed E-state index contributed by atoms with van der Waals surface area (Å²) in [4.78, 5) is 0.247. The molecule has 0 saturated carbocycles. The molecule has 0 unspecified atom stereocenters. The van der Waals surface area contributed by atoms with E-state index in [9.17, 15) is 8.42 Å². The lowest BCUT2D eigenvalue weighted by Crippen LogP contribution is -2.30. The monoisotopic (exact) mass is 302 g/mol. The summed E-state index contributed by atoms with van der Waals surface area (Å²) in [5, 5.41) is 2.97. The number of ether oxygens (including phenoxy) is 2. The molecule has 114 valence electrons. The van der Waals surface area contributed by atoms with Crippen LogP contribution < -0.4 is 10.1 Å². The van der Waals surface area contributed by atoms with Gasteiger partial charge in [0, 0.05) is 27.2 Å². The van der Waals surface area contributed by atoms with Crippen LogP contribution in [0.2, 0.25) is 0 Å². The van der Waals surface area contributed by atoms with Crippen molar-refractivity contribution in [2.75, 3.05) is 47.5 Å². The Morgan fingerprint density at radius 1 is 1.20 bits per heavy atom. The Bertz CT molecular complexity index is 488. The van der Waals surface area contributed by atoms with E-state index in [1.54, 1.807) is 24.3 Å². The van der Waals surface area contributed by atoms with Crippen molar-refractivity contribution < 1.29 is 17.9 Å². The van der Waals surface area contributed by atoms with Crippen molar-refractivity contribution >= 4 is 10.0 Å². The standard InChI is InChI=1S/C13H22N2O4S/c1-14-8-10-19-12-4-6-13(7-5-12)20(16,17)15(2)9-11-18-3/h4-7,14H,8-11H2,1-3H3. The molecule has 6 nitrogen and oxygen atoms in total. The lowest BCUT2D eigenvalue weighted by Gasteiger charge is -2.16. The minimum Gasteiger partial charge on any atom is -0.492 e. The first-order chi connectivity index (χ1) is 9.52. The zero-order valence-electron chi connectivity index (χ0n) is 12.1. The smallest absolute Gasteiger partial charge is 0.242 e. The topological polar surface area (TPSA) is 67.9 Å². The van der Waals surface area contributed by atoms with E-state index in [-0.39, 0.29) is 4.90 Å². The van der Waals surface area contributed by atoms with Gasteiger partial charge < -0.3 is 14.8 Å². The lowest BCUT2D eigenvalue weighted by molar-refractivity contribution is 0.185. The maximum absolute atomic E-state index is 12.2. The van der Waals surface area contributed by atoms with Gasteiger partial charge in [0.05, 0.1) is 11.5 Å². The van der Waals surface area contributed by atoms with Gasteiger partial charge in [-0.25, -0.2) is 8.42 Å². The van der Waals surface area contributed by atoms with Gasteiger partial charge >= 0.3 is 0 Å². The molecule has 7 heteroatoms. The van der Waals surface area contributed by atoms with E-state index in [2.05, 4.69) is 5.32 Å². The third-order valence-electron chi connectivity index (χ3n) is 2.76. The second-order valence-electron chi connectivity index (χ2n) is 4.24. The maximum atomic E-state index is 12.2. The third-order valence-corrected chi connectivity index (χ3v) is 4.63. The summed E-state index contributed by atoms with van der Waals surface area (Å²) in [7, 11) is 1.45. The highest BCUT2D eigenvalue weighted by Gasteiger charge is 2.20. The molecule has 0 bridgehead atoms. The Morgan fingerprint density at radius 3 is 2.40 bits per heavy atom. The van der Waals surface area contributed by atoms with Gasteiger partial charge in [-0.15, -0.1) is 0 Å². The van der Waals surface area contributed by atoms with Gasteiger partial charge in [0.1, 0.15) is 12.4 Å². The van der Waals surface area contributed by atoms with E-state index in [0.29, 0.717) is 25.5 Å². The summed E-state index contributed by atoms with van der Waals surface area (Å²) >= 11 is 0. The largest absolute Gasteiger partial charge is 0.492 e. The molecule has 0 aliphatic carbocycles. The molecule has 1 aromatic carbocycles. The number of benzene rings is 1. The van der Waals surface area contributed by atoms with Gasteiger partial charge in [0.15, 0.2) is 0 Å². The molecule has 0 fully saturated rings. The molecule has 20 heavy (non-hydrogen) atoms. The molecule has 0 amide bonds. The first-order valence-corrected chi connectivity index (χ1v) is 7.79. The fourth-order valence-electron chi connectivity index (χ4n) is 1.50. The summed E-state index contributed by atoms with van der Waals surface area (Å²) < 4.78 is 36.1. The predicted octanol–water partition coefficient (Wildman–Crippen LogP) is 0.552. The van der Waals surface area contributed by atoms with Gasteiger partial charge in [-0.05, 0) is 31.3 Å². The Kier molecular flexibility index (Phi) is 6.94. The van der Waals surface area contributed by atoms with Crippen molar-refractivity contribution in [1.29, 1.82) is 0 Å². The van der Waals surface area contributed by atoms with Gasteiger partial charge in [-0.2, -0.15) is 4.31 Å². The quantitative estimate of drug-likeness (QED) is 0.675. The normalized spacial score (nSPS) is 11.8. The highest BCUT2D eigenvalue weighted by Crippen LogP contribution is 2.18. The first-order valence-electron chi connectivity index (χ1n) is 6.35. The predicted molar refractivity (Wildman–Crippen MR) is 77.6 cm³/mol. The number of rotatable bonds is 9. The second-order valence-corrected chi connectivity index (χ2v) is 6.29. The van der Waals surface area contributed by atoms with Gasteiger partial charge in [-0.1, -0.05) is 0 Å². The molecular formula is C13H22N2O4S. The van der Waals surface area contributed by atoms with Crippen LogP contribution in [0, 0.1) is 0 Å². The summed E-state index contributed by atoms with van der Waals surface area (Å²) in [6.45, 7) is 1.95. The Balaban J connectivity index is 2.71. The van der Waals surface area contributed by atoms with Crippen molar-refractivity contribution in [3.8, 4) is 5.75 Å².